The molecule has 3 N–H and O–H groups in total. The number of benzene rings is 2. The Bertz CT molecular complexity index is 1060. The number of Topliss-reactive ketones (excluding diaryl/α,β-unsaturated/α-hetero) is 1. The highest BCUT2D eigenvalue weighted by atomic mass is 35.5. The van der Waals surface area contributed by atoms with Crippen molar-refractivity contribution >= 4 is 35.3 Å². The van der Waals surface area contributed by atoms with Gasteiger partial charge in [0.1, 0.15) is 18.7 Å². The molecule has 0 fully saturated rings. The van der Waals surface area contributed by atoms with E-state index < -0.39 is 36.0 Å². The highest BCUT2D eigenvalue weighted by Gasteiger charge is 2.30. The number of hydrogen-bond donors (Lipinski definition) is 3. The van der Waals surface area contributed by atoms with Crippen LogP contribution in [0.15, 0.2) is 60.7 Å². The third-order valence-electron chi connectivity index (χ3n) is 5.99. The zero-order chi connectivity index (χ0) is 28.8. The molecule has 0 unspecified atom stereocenters. The summed E-state index contributed by atoms with van der Waals surface area (Å²) < 4.78 is 5.30. The van der Waals surface area contributed by atoms with E-state index in [1.165, 1.54) is 0 Å². The van der Waals surface area contributed by atoms with E-state index in [0.717, 1.165) is 11.1 Å². The van der Waals surface area contributed by atoms with Gasteiger partial charge in [0.25, 0.3) is 0 Å². The maximum absolute atomic E-state index is 13.3. The smallest absolute Gasteiger partial charge is 0.408 e. The highest BCUT2D eigenvalue weighted by Crippen LogP contribution is 2.11. The first-order valence-electron chi connectivity index (χ1n) is 13.3. The molecule has 0 saturated heterocycles. The number of carbonyl (C=O) groups excluding carboxylic acids is 4. The van der Waals surface area contributed by atoms with Gasteiger partial charge < -0.3 is 20.7 Å². The molecule has 2 aromatic carbocycles. The molecule has 0 radical (unpaired) electrons. The number of rotatable bonds is 15. The first-order valence-corrected chi connectivity index (χ1v) is 13.8. The Morgan fingerprint density at radius 2 is 1.15 bits per heavy atom. The van der Waals surface area contributed by atoms with Gasteiger partial charge in [-0.3, -0.25) is 14.4 Å². The molecular formula is C30H40ClN3O5. The number of amides is 3. The van der Waals surface area contributed by atoms with Crippen LogP contribution >= 0.6 is 11.6 Å². The minimum Gasteiger partial charge on any atom is -0.445 e. The number of nitrogens with one attached hydrogen (secondary N) is 3. The Balaban J connectivity index is 2.10. The number of carbonyl (C=O) groups is 4. The number of hydrogen-bond acceptors (Lipinski definition) is 5. The lowest BCUT2D eigenvalue weighted by Gasteiger charge is -2.26. The molecule has 0 aliphatic rings. The van der Waals surface area contributed by atoms with E-state index in [1.54, 1.807) is 0 Å². The first kappa shape index (κ1) is 31.8. The molecule has 3 atom stereocenters. The van der Waals surface area contributed by atoms with Crippen molar-refractivity contribution in [3.05, 3.63) is 71.8 Å². The molecule has 3 amide bonds. The number of halogens is 1. The Labute approximate surface area is 236 Å². The van der Waals surface area contributed by atoms with Gasteiger partial charge in [-0.25, -0.2) is 4.79 Å². The fourth-order valence-electron chi connectivity index (χ4n) is 4.05. The van der Waals surface area contributed by atoms with Gasteiger partial charge in [-0.15, -0.1) is 11.6 Å². The van der Waals surface area contributed by atoms with Crippen LogP contribution in [0.5, 0.6) is 0 Å². The minimum atomic E-state index is -0.907. The molecule has 2 aromatic rings. The Morgan fingerprint density at radius 1 is 0.692 bits per heavy atom. The van der Waals surface area contributed by atoms with E-state index in [4.69, 9.17) is 16.3 Å². The van der Waals surface area contributed by atoms with Gasteiger partial charge in [-0.05, 0) is 42.2 Å². The van der Waals surface area contributed by atoms with Crippen LogP contribution < -0.4 is 16.0 Å². The second-order valence-corrected chi connectivity index (χ2v) is 10.7. The summed E-state index contributed by atoms with van der Waals surface area (Å²) in [5.74, 6) is -1.38. The second-order valence-electron chi connectivity index (χ2n) is 10.4. The van der Waals surface area contributed by atoms with Crippen LogP contribution in [-0.2, 0) is 32.1 Å². The van der Waals surface area contributed by atoms with E-state index in [1.807, 2.05) is 88.4 Å². The average molecular weight is 558 g/mol. The zero-order valence-electron chi connectivity index (χ0n) is 23.1. The lowest BCUT2D eigenvalue weighted by Crippen LogP contribution is -2.56. The monoisotopic (exact) mass is 557 g/mol. The summed E-state index contributed by atoms with van der Waals surface area (Å²) in [6.45, 7) is 7.80. The van der Waals surface area contributed by atoms with Gasteiger partial charge in [0.2, 0.25) is 11.8 Å². The summed E-state index contributed by atoms with van der Waals surface area (Å²) >= 11 is 5.83. The van der Waals surface area contributed by atoms with Crippen LogP contribution in [0, 0.1) is 11.8 Å². The molecule has 9 heteroatoms. The van der Waals surface area contributed by atoms with Crippen LogP contribution in [0.1, 0.15) is 51.7 Å². The lowest BCUT2D eigenvalue weighted by molar-refractivity contribution is -0.132. The molecule has 0 aliphatic heterocycles. The van der Waals surface area contributed by atoms with E-state index in [2.05, 4.69) is 16.0 Å². The Morgan fingerprint density at radius 3 is 1.64 bits per heavy atom. The maximum atomic E-state index is 13.3. The SMILES string of the molecule is CC(C)C[C@H](NC(=O)OCc1ccccc1)C(=O)N[C@@H](CC(C)C)C(=O)N[C@@H](Cc1ccccc1)C(=O)CCl. The molecule has 39 heavy (non-hydrogen) atoms. The predicted octanol–water partition coefficient (Wildman–Crippen LogP) is 4.39. The van der Waals surface area contributed by atoms with Crippen LogP contribution in [-0.4, -0.2) is 47.7 Å². The lowest BCUT2D eigenvalue weighted by atomic mass is 9.98. The molecule has 212 valence electrons. The molecule has 2 rings (SSSR count). The fraction of sp³-hybridized carbons (Fsp3) is 0.467. The molecule has 0 aliphatic carbocycles. The van der Waals surface area contributed by atoms with Crippen molar-refractivity contribution in [3.8, 4) is 0 Å². The molecule has 0 aromatic heterocycles. The molecular weight excluding hydrogens is 518 g/mol. The van der Waals surface area contributed by atoms with Gasteiger partial charge in [0.15, 0.2) is 5.78 Å². The first-order chi connectivity index (χ1) is 18.6. The quantitative estimate of drug-likeness (QED) is 0.281. The van der Waals surface area contributed by atoms with E-state index in [-0.39, 0.29) is 36.5 Å². The molecule has 0 spiro atoms. The van der Waals surface area contributed by atoms with Gasteiger partial charge in [-0.2, -0.15) is 0 Å². The predicted molar refractivity (Wildman–Crippen MR) is 152 cm³/mol. The summed E-state index contributed by atoms with van der Waals surface area (Å²) in [7, 11) is 0. The standard InChI is InChI=1S/C30H40ClN3O5/c1-20(2)15-25(28(36)32-24(27(35)18-31)17-22-11-7-5-8-12-22)33-29(37)26(16-21(3)4)34-30(38)39-19-23-13-9-6-10-14-23/h5-14,20-21,24-26H,15-19H2,1-4H3,(H,32,36)(H,33,37)(H,34,38)/t24-,25-,26-/m0/s1. The van der Waals surface area contributed by atoms with E-state index >= 15 is 0 Å². The Hall–Kier alpha value is -3.39. The van der Waals surface area contributed by atoms with E-state index in [0.29, 0.717) is 12.8 Å². The third-order valence-corrected chi connectivity index (χ3v) is 6.25. The third kappa shape index (κ3) is 11.9. The van der Waals surface area contributed by atoms with Crippen molar-refractivity contribution in [1.29, 1.82) is 0 Å². The topological polar surface area (TPSA) is 114 Å². The van der Waals surface area contributed by atoms with Crippen molar-refractivity contribution in [3.63, 3.8) is 0 Å². The minimum absolute atomic E-state index is 0.0679. The average Bonchev–Trinajstić information content (AvgIpc) is 2.91. The van der Waals surface area contributed by atoms with Crippen molar-refractivity contribution < 1.29 is 23.9 Å². The van der Waals surface area contributed by atoms with Crippen molar-refractivity contribution in [2.24, 2.45) is 11.8 Å². The van der Waals surface area contributed by atoms with E-state index in [9.17, 15) is 19.2 Å². The molecule has 0 heterocycles. The van der Waals surface area contributed by atoms with Crippen LogP contribution in [0.4, 0.5) is 4.79 Å². The number of ketones is 1. The summed E-state index contributed by atoms with van der Waals surface area (Å²) in [6, 6.07) is 15.9. The maximum Gasteiger partial charge on any atom is 0.408 e. The zero-order valence-corrected chi connectivity index (χ0v) is 23.9. The van der Waals surface area contributed by atoms with Gasteiger partial charge in [0.05, 0.1) is 11.9 Å². The van der Waals surface area contributed by atoms with Gasteiger partial charge >= 0.3 is 6.09 Å². The molecule has 0 saturated carbocycles. The van der Waals surface area contributed by atoms with Crippen molar-refractivity contribution in [1.82, 2.24) is 16.0 Å². The largest absolute Gasteiger partial charge is 0.445 e. The highest BCUT2D eigenvalue weighted by molar-refractivity contribution is 6.28. The fourth-order valence-corrected chi connectivity index (χ4v) is 4.23. The summed E-state index contributed by atoms with van der Waals surface area (Å²) in [5, 5.41) is 8.22. The summed E-state index contributed by atoms with van der Waals surface area (Å²) in [4.78, 5) is 51.7. The number of ether oxygens (including phenoxy) is 1. The van der Waals surface area contributed by atoms with Gasteiger partial charge in [-0.1, -0.05) is 88.4 Å². The second kappa shape index (κ2) is 16.5. The van der Waals surface area contributed by atoms with Gasteiger partial charge in [0, 0.05) is 0 Å². The molecule has 0 bridgehead atoms. The Kier molecular flexibility index (Phi) is 13.5. The van der Waals surface area contributed by atoms with Crippen LogP contribution in [0.2, 0.25) is 0 Å². The van der Waals surface area contributed by atoms with Crippen molar-refractivity contribution in [2.45, 2.75) is 71.7 Å². The number of alkyl halides is 1. The normalized spacial score (nSPS) is 13.3. The van der Waals surface area contributed by atoms with Crippen LogP contribution in [0.3, 0.4) is 0 Å². The molecule has 8 nitrogen and oxygen atoms in total. The summed E-state index contributed by atoms with van der Waals surface area (Å²) in [6.07, 6.45) is 0.257. The number of alkyl carbamates (subject to hydrolysis) is 1. The van der Waals surface area contributed by atoms with Crippen molar-refractivity contribution in [2.75, 3.05) is 5.88 Å². The summed E-state index contributed by atoms with van der Waals surface area (Å²) in [5.41, 5.74) is 1.70. The van der Waals surface area contributed by atoms with Crippen LogP contribution in [0.25, 0.3) is 0 Å².